The van der Waals surface area contributed by atoms with Gasteiger partial charge in [-0.25, -0.2) is 0 Å². The molecule has 0 spiro atoms. The fraction of sp³-hybridized carbons (Fsp3) is 0.812. The molecular weight excluding hydrogens is 288 g/mol. The molecule has 1 N–H and O–H groups in total. The minimum Gasteiger partial charge on any atom is -0.384 e. The molecular formula is C16H27ClN2O2. The summed E-state index contributed by atoms with van der Waals surface area (Å²) in [6.45, 7) is 7.70. The number of rotatable bonds is 6. The quantitative estimate of drug-likeness (QED) is 0.864. The maximum atomic E-state index is 11.0. The van der Waals surface area contributed by atoms with Gasteiger partial charge in [0.2, 0.25) is 0 Å². The first-order chi connectivity index (χ1) is 10.0. The van der Waals surface area contributed by atoms with Gasteiger partial charge in [0.05, 0.1) is 22.5 Å². The molecule has 1 heterocycles. The topological polar surface area (TPSA) is 47.3 Å². The fourth-order valence-electron chi connectivity index (χ4n) is 3.32. The van der Waals surface area contributed by atoms with Crippen LogP contribution in [0.3, 0.4) is 0 Å². The van der Waals surface area contributed by atoms with E-state index in [1.54, 1.807) is 6.20 Å². The van der Waals surface area contributed by atoms with Crippen LogP contribution in [0.5, 0.6) is 0 Å². The van der Waals surface area contributed by atoms with Crippen molar-refractivity contribution in [2.45, 2.75) is 71.1 Å². The van der Waals surface area contributed by atoms with Crippen molar-refractivity contribution in [3.63, 3.8) is 0 Å². The van der Waals surface area contributed by atoms with Gasteiger partial charge >= 0.3 is 0 Å². The standard InChI is InChI=1S/C16H27ClN2O2/c1-4-10-19-14(13(17)11-18-19)15(20)16(21-5-2)8-6-12(3)7-9-16/h11-12,15,20H,4-10H2,1-3H3. The molecule has 1 unspecified atom stereocenters. The van der Waals surface area contributed by atoms with Gasteiger partial charge in [-0.05, 0) is 44.9 Å². The van der Waals surface area contributed by atoms with E-state index >= 15 is 0 Å². The van der Waals surface area contributed by atoms with E-state index in [1.165, 1.54) is 0 Å². The Balaban J connectivity index is 2.30. The monoisotopic (exact) mass is 314 g/mol. The summed E-state index contributed by atoms with van der Waals surface area (Å²) in [5, 5.41) is 15.9. The zero-order valence-corrected chi connectivity index (χ0v) is 14.1. The molecule has 5 heteroatoms. The van der Waals surface area contributed by atoms with Crippen LogP contribution in [0, 0.1) is 5.92 Å². The summed E-state index contributed by atoms with van der Waals surface area (Å²) in [6, 6.07) is 0. The molecule has 0 aliphatic heterocycles. The highest BCUT2D eigenvalue weighted by atomic mass is 35.5. The van der Waals surface area contributed by atoms with Crippen LogP contribution < -0.4 is 0 Å². The second kappa shape index (κ2) is 7.12. The lowest BCUT2D eigenvalue weighted by Gasteiger charge is -2.42. The number of nitrogens with zero attached hydrogens (tertiary/aromatic N) is 2. The number of hydrogen-bond donors (Lipinski definition) is 1. The van der Waals surface area contributed by atoms with Crippen LogP contribution in [-0.4, -0.2) is 27.1 Å². The molecule has 1 atom stereocenters. The van der Waals surface area contributed by atoms with Crippen molar-refractivity contribution in [1.82, 2.24) is 9.78 Å². The van der Waals surface area contributed by atoms with Gasteiger partial charge in [-0.2, -0.15) is 5.10 Å². The summed E-state index contributed by atoms with van der Waals surface area (Å²) < 4.78 is 7.87. The first kappa shape index (κ1) is 16.8. The molecule has 0 amide bonds. The number of aliphatic hydroxyl groups is 1. The Hall–Kier alpha value is -0.580. The maximum absolute atomic E-state index is 11.0. The lowest BCUT2D eigenvalue weighted by Crippen LogP contribution is -2.43. The number of ether oxygens (including phenoxy) is 1. The molecule has 1 aromatic heterocycles. The van der Waals surface area contributed by atoms with Gasteiger partial charge in [-0.3, -0.25) is 4.68 Å². The van der Waals surface area contributed by atoms with Crippen molar-refractivity contribution in [1.29, 1.82) is 0 Å². The van der Waals surface area contributed by atoms with Crippen molar-refractivity contribution >= 4 is 11.6 Å². The fourth-order valence-corrected chi connectivity index (χ4v) is 3.56. The average molecular weight is 315 g/mol. The summed E-state index contributed by atoms with van der Waals surface area (Å²) in [6.07, 6.45) is 5.77. The number of aryl methyl sites for hydroxylation is 1. The summed E-state index contributed by atoms with van der Waals surface area (Å²) in [5.41, 5.74) is 0.192. The van der Waals surface area contributed by atoms with Crippen LogP contribution in [0.15, 0.2) is 6.20 Å². The van der Waals surface area contributed by atoms with Gasteiger partial charge in [0.1, 0.15) is 6.10 Å². The van der Waals surface area contributed by atoms with Crippen LogP contribution in [0.4, 0.5) is 0 Å². The Bertz CT molecular complexity index is 453. The predicted molar refractivity (Wildman–Crippen MR) is 84.5 cm³/mol. The zero-order valence-electron chi connectivity index (χ0n) is 13.3. The van der Waals surface area contributed by atoms with Crippen molar-refractivity contribution in [3.05, 3.63) is 16.9 Å². The zero-order chi connectivity index (χ0) is 15.5. The second-order valence-corrected chi connectivity index (χ2v) is 6.59. The number of aliphatic hydroxyl groups excluding tert-OH is 1. The van der Waals surface area contributed by atoms with Crippen LogP contribution in [0.25, 0.3) is 0 Å². The average Bonchev–Trinajstić information content (AvgIpc) is 2.82. The number of aromatic nitrogens is 2. The molecule has 1 aliphatic carbocycles. The van der Waals surface area contributed by atoms with E-state index < -0.39 is 11.7 Å². The summed E-state index contributed by atoms with van der Waals surface area (Å²) >= 11 is 6.29. The maximum Gasteiger partial charge on any atom is 0.126 e. The Morgan fingerprint density at radius 3 is 2.71 bits per heavy atom. The van der Waals surface area contributed by atoms with Gasteiger partial charge in [-0.15, -0.1) is 0 Å². The van der Waals surface area contributed by atoms with Gasteiger partial charge in [-0.1, -0.05) is 25.4 Å². The minimum absolute atomic E-state index is 0.517. The molecule has 1 fully saturated rings. The van der Waals surface area contributed by atoms with Crippen molar-refractivity contribution < 1.29 is 9.84 Å². The number of hydrogen-bond acceptors (Lipinski definition) is 3. The molecule has 1 aliphatic rings. The highest BCUT2D eigenvalue weighted by Crippen LogP contribution is 2.44. The Morgan fingerprint density at radius 1 is 1.48 bits per heavy atom. The number of halogens is 1. The first-order valence-electron chi connectivity index (χ1n) is 8.07. The van der Waals surface area contributed by atoms with Crippen molar-refractivity contribution in [2.24, 2.45) is 5.92 Å². The molecule has 21 heavy (non-hydrogen) atoms. The Kier molecular flexibility index (Phi) is 5.69. The van der Waals surface area contributed by atoms with E-state index in [9.17, 15) is 5.11 Å². The van der Waals surface area contributed by atoms with Crippen LogP contribution in [0.1, 0.15) is 64.7 Å². The lowest BCUT2D eigenvalue weighted by atomic mass is 9.75. The molecule has 2 rings (SSSR count). The summed E-state index contributed by atoms with van der Waals surface area (Å²) in [5.74, 6) is 0.696. The molecule has 0 aromatic carbocycles. The van der Waals surface area contributed by atoms with Gasteiger partial charge in [0, 0.05) is 13.2 Å². The molecule has 1 aromatic rings. The Morgan fingerprint density at radius 2 is 2.14 bits per heavy atom. The Labute approximate surface area is 132 Å². The third kappa shape index (κ3) is 3.43. The predicted octanol–water partition coefficient (Wildman–Crippen LogP) is 3.97. The minimum atomic E-state index is -0.716. The van der Waals surface area contributed by atoms with E-state index in [4.69, 9.17) is 16.3 Å². The molecule has 0 saturated heterocycles. The third-order valence-corrected chi connectivity index (χ3v) is 4.87. The van der Waals surface area contributed by atoms with Gasteiger partial charge in [0.25, 0.3) is 0 Å². The first-order valence-corrected chi connectivity index (χ1v) is 8.45. The molecule has 4 nitrogen and oxygen atoms in total. The van der Waals surface area contributed by atoms with E-state index in [0.717, 1.165) is 38.6 Å². The van der Waals surface area contributed by atoms with Crippen LogP contribution in [0.2, 0.25) is 5.02 Å². The van der Waals surface area contributed by atoms with E-state index in [0.29, 0.717) is 23.2 Å². The molecule has 120 valence electrons. The molecule has 1 saturated carbocycles. The third-order valence-electron chi connectivity index (χ3n) is 4.58. The van der Waals surface area contributed by atoms with Crippen molar-refractivity contribution in [2.75, 3.05) is 6.61 Å². The summed E-state index contributed by atoms with van der Waals surface area (Å²) in [4.78, 5) is 0. The summed E-state index contributed by atoms with van der Waals surface area (Å²) in [7, 11) is 0. The lowest BCUT2D eigenvalue weighted by molar-refractivity contribution is -0.148. The smallest absolute Gasteiger partial charge is 0.126 e. The second-order valence-electron chi connectivity index (χ2n) is 6.18. The molecule has 0 bridgehead atoms. The largest absolute Gasteiger partial charge is 0.384 e. The highest BCUT2D eigenvalue weighted by molar-refractivity contribution is 6.31. The van der Waals surface area contributed by atoms with Crippen LogP contribution in [-0.2, 0) is 11.3 Å². The van der Waals surface area contributed by atoms with Crippen molar-refractivity contribution in [3.8, 4) is 0 Å². The van der Waals surface area contributed by atoms with Crippen LogP contribution >= 0.6 is 11.6 Å². The van der Waals surface area contributed by atoms with Gasteiger partial charge < -0.3 is 9.84 Å². The highest BCUT2D eigenvalue weighted by Gasteiger charge is 2.44. The van der Waals surface area contributed by atoms with E-state index in [-0.39, 0.29) is 0 Å². The normalized spacial score (nSPS) is 27.8. The van der Waals surface area contributed by atoms with Gasteiger partial charge in [0.15, 0.2) is 0 Å². The van der Waals surface area contributed by atoms with E-state index in [1.807, 2.05) is 11.6 Å². The van der Waals surface area contributed by atoms with E-state index in [2.05, 4.69) is 18.9 Å². The molecule has 0 radical (unpaired) electrons. The SMILES string of the molecule is CCCn1ncc(Cl)c1C(O)C1(OCC)CCC(C)CC1.